The number of ether oxygens (including phenoxy) is 1. The summed E-state index contributed by atoms with van der Waals surface area (Å²) in [7, 11) is 0. The summed E-state index contributed by atoms with van der Waals surface area (Å²) >= 11 is 3.34. The van der Waals surface area contributed by atoms with Crippen LogP contribution >= 0.6 is 15.9 Å². The third-order valence-electron chi connectivity index (χ3n) is 2.50. The fourth-order valence-electron chi connectivity index (χ4n) is 1.94. The third kappa shape index (κ3) is 2.69. The first kappa shape index (κ1) is 10.9. The average molecular weight is 271 g/mol. The quantitative estimate of drug-likeness (QED) is 0.734. The lowest BCUT2D eigenvalue weighted by Crippen LogP contribution is -2.45. The number of morpholine rings is 1. The van der Waals surface area contributed by atoms with Crippen molar-refractivity contribution in [2.45, 2.75) is 26.1 Å². The van der Waals surface area contributed by atoms with Gasteiger partial charge in [-0.2, -0.15) is 0 Å². The summed E-state index contributed by atoms with van der Waals surface area (Å²) in [6.45, 7) is 6.09. The van der Waals surface area contributed by atoms with Crippen LogP contribution in [0.25, 0.3) is 0 Å². The van der Waals surface area contributed by atoms with E-state index in [1.165, 1.54) is 5.69 Å². The van der Waals surface area contributed by atoms with Crippen LogP contribution in [0.4, 0.5) is 5.69 Å². The van der Waals surface area contributed by atoms with Crippen LogP contribution in [-0.2, 0) is 4.74 Å². The maximum atomic E-state index is 5.69. The summed E-state index contributed by atoms with van der Waals surface area (Å²) in [6.07, 6.45) is 2.48. The molecule has 1 aromatic heterocycles. The number of rotatable bonds is 1. The van der Waals surface area contributed by atoms with Gasteiger partial charge in [-0.1, -0.05) is 0 Å². The molecule has 0 aliphatic carbocycles. The van der Waals surface area contributed by atoms with E-state index in [2.05, 4.69) is 45.7 Å². The normalized spacial score (nSPS) is 26.7. The maximum Gasteiger partial charge on any atom is 0.106 e. The predicted molar refractivity (Wildman–Crippen MR) is 64.2 cm³/mol. The Balaban J connectivity index is 2.12. The Morgan fingerprint density at radius 2 is 2.00 bits per heavy atom. The summed E-state index contributed by atoms with van der Waals surface area (Å²) in [5.74, 6) is 0. The van der Waals surface area contributed by atoms with E-state index in [9.17, 15) is 0 Å². The molecule has 0 N–H and O–H groups in total. The Morgan fingerprint density at radius 1 is 1.33 bits per heavy atom. The van der Waals surface area contributed by atoms with Crippen molar-refractivity contribution in [2.75, 3.05) is 18.0 Å². The minimum absolute atomic E-state index is 0.289. The van der Waals surface area contributed by atoms with Gasteiger partial charge in [0.2, 0.25) is 0 Å². The Kier molecular flexibility index (Phi) is 3.26. The lowest BCUT2D eigenvalue weighted by Gasteiger charge is -2.36. The fourth-order valence-corrected chi connectivity index (χ4v) is 2.18. The molecule has 0 bridgehead atoms. The van der Waals surface area contributed by atoms with E-state index >= 15 is 0 Å². The van der Waals surface area contributed by atoms with Gasteiger partial charge in [-0.25, -0.2) is 4.98 Å². The van der Waals surface area contributed by atoms with E-state index in [4.69, 9.17) is 4.74 Å². The van der Waals surface area contributed by atoms with Crippen LogP contribution in [0, 0.1) is 0 Å². The zero-order valence-electron chi connectivity index (χ0n) is 8.98. The third-order valence-corrected chi connectivity index (χ3v) is 2.97. The molecule has 0 spiro atoms. The van der Waals surface area contributed by atoms with Crippen LogP contribution < -0.4 is 4.90 Å². The van der Waals surface area contributed by atoms with Gasteiger partial charge < -0.3 is 9.64 Å². The number of anilines is 1. The van der Waals surface area contributed by atoms with E-state index in [-0.39, 0.29) is 12.2 Å². The van der Waals surface area contributed by atoms with E-state index in [0.717, 1.165) is 17.7 Å². The van der Waals surface area contributed by atoms with Crippen LogP contribution in [0.2, 0.25) is 0 Å². The van der Waals surface area contributed by atoms with E-state index in [0.29, 0.717) is 0 Å². The molecule has 2 atom stereocenters. The molecule has 1 aromatic rings. The predicted octanol–water partition coefficient (Wildman–Crippen LogP) is 2.46. The number of hydrogen-bond acceptors (Lipinski definition) is 3. The van der Waals surface area contributed by atoms with Crippen LogP contribution in [0.15, 0.2) is 22.9 Å². The lowest BCUT2D eigenvalue weighted by molar-refractivity contribution is -0.00523. The molecule has 1 aliphatic rings. The number of halogens is 1. The molecule has 0 amide bonds. The van der Waals surface area contributed by atoms with Gasteiger partial charge in [0.15, 0.2) is 0 Å². The fraction of sp³-hybridized carbons (Fsp3) is 0.545. The summed E-state index contributed by atoms with van der Waals surface area (Å²) < 4.78 is 6.57. The topological polar surface area (TPSA) is 25.4 Å². The Hall–Kier alpha value is -0.610. The van der Waals surface area contributed by atoms with Gasteiger partial charge in [0.25, 0.3) is 0 Å². The summed E-state index contributed by atoms with van der Waals surface area (Å²) in [5.41, 5.74) is 1.17. The zero-order valence-corrected chi connectivity index (χ0v) is 10.6. The SMILES string of the molecule is CC1CN(c2ccc(Br)nc2)CC(C)O1. The second kappa shape index (κ2) is 4.49. The first-order valence-electron chi connectivity index (χ1n) is 5.17. The molecule has 0 radical (unpaired) electrons. The lowest BCUT2D eigenvalue weighted by atomic mass is 10.2. The van der Waals surface area contributed by atoms with Gasteiger partial charge in [-0.3, -0.25) is 0 Å². The molecule has 2 heterocycles. The van der Waals surface area contributed by atoms with Crippen molar-refractivity contribution < 1.29 is 4.74 Å². The molecule has 15 heavy (non-hydrogen) atoms. The molecule has 4 heteroatoms. The Labute approximate surface area is 98.6 Å². The molecular formula is C11H15BrN2O. The highest BCUT2D eigenvalue weighted by Gasteiger charge is 2.22. The molecule has 0 saturated carbocycles. The highest BCUT2D eigenvalue weighted by Crippen LogP contribution is 2.20. The van der Waals surface area contributed by atoms with Crippen molar-refractivity contribution in [3.8, 4) is 0 Å². The highest BCUT2D eigenvalue weighted by molar-refractivity contribution is 9.10. The maximum absolute atomic E-state index is 5.69. The number of aromatic nitrogens is 1. The van der Waals surface area contributed by atoms with E-state index in [1.54, 1.807) is 0 Å². The second-order valence-electron chi connectivity index (χ2n) is 4.00. The van der Waals surface area contributed by atoms with Crippen molar-refractivity contribution in [3.63, 3.8) is 0 Å². The van der Waals surface area contributed by atoms with Crippen molar-refractivity contribution in [2.24, 2.45) is 0 Å². The smallest absolute Gasteiger partial charge is 0.106 e. The monoisotopic (exact) mass is 270 g/mol. The summed E-state index contributed by atoms with van der Waals surface area (Å²) in [4.78, 5) is 6.56. The van der Waals surface area contributed by atoms with Gasteiger partial charge in [0, 0.05) is 13.1 Å². The minimum Gasteiger partial charge on any atom is -0.372 e. The standard InChI is InChI=1S/C11H15BrN2O/c1-8-6-14(7-9(2)15-8)10-3-4-11(12)13-5-10/h3-5,8-9H,6-7H2,1-2H3. The second-order valence-corrected chi connectivity index (χ2v) is 4.81. The van der Waals surface area contributed by atoms with Crippen molar-refractivity contribution >= 4 is 21.6 Å². The first-order chi connectivity index (χ1) is 7.15. The van der Waals surface area contributed by atoms with Crippen molar-refractivity contribution in [3.05, 3.63) is 22.9 Å². The average Bonchev–Trinajstić information content (AvgIpc) is 2.17. The van der Waals surface area contributed by atoms with E-state index < -0.39 is 0 Å². The molecule has 82 valence electrons. The van der Waals surface area contributed by atoms with Gasteiger partial charge in [0.05, 0.1) is 24.1 Å². The van der Waals surface area contributed by atoms with Crippen LogP contribution in [-0.4, -0.2) is 30.3 Å². The van der Waals surface area contributed by atoms with E-state index in [1.807, 2.05) is 12.3 Å². The van der Waals surface area contributed by atoms with Crippen LogP contribution in [0.5, 0.6) is 0 Å². The minimum atomic E-state index is 0.289. The van der Waals surface area contributed by atoms with Crippen LogP contribution in [0.3, 0.4) is 0 Å². The number of nitrogens with zero attached hydrogens (tertiary/aromatic N) is 2. The molecule has 0 aromatic carbocycles. The molecular weight excluding hydrogens is 256 g/mol. The summed E-state index contributed by atoms with van der Waals surface area (Å²) in [6, 6.07) is 4.06. The Bertz CT molecular complexity index is 318. The Morgan fingerprint density at radius 3 is 2.53 bits per heavy atom. The molecule has 2 unspecified atom stereocenters. The van der Waals surface area contributed by atoms with Crippen molar-refractivity contribution in [1.82, 2.24) is 4.98 Å². The highest BCUT2D eigenvalue weighted by atomic mass is 79.9. The molecule has 3 nitrogen and oxygen atoms in total. The molecule has 2 rings (SSSR count). The first-order valence-corrected chi connectivity index (χ1v) is 5.96. The van der Waals surface area contributed by atoms with Gasteiger partial charge in [0.1, 0.15) is 4.60 Å². The summed E-state index contributed by atoms with van der Waals surface area (Å²) in [5, 5.41) is 0. The van der Waals surface area contributed by atoms with Gasteiger partial charge in [-0.15, -0.1) is 0 Å². The largest absolute Gasteiger partial charge is 0.372 e. The van der Waals surface area contributed by atoms with Gasteiger partial charge in [-0.05, 0) is 41.9 Å². The van der Waals surface area contributed by atoms with Crippen molar-refractivity contribution in [1.29, 1.82) is 0 Å². The number of hydrogen-bond donors (Lipinski definition) is 0. The zero-order chi connectivity index (χ0) is 10.8. The van der Waals surface area contributed by atoms with Crippen LogP contribution in [0.1, 0.15) is 13.8 Å². The molecule has 1 aliphatic heterocycles. The molecule has 1 fully saturated rings. The van der Waals surface area contributed by atoms with Gasteiger partial charge >= 0.3 is 0 Å². The molecule has 1 saturated heterocycles. The number of pyridine rings is 1.